The summed E-state index contributed by atoms with van der Waals surface area (Å²) in [4.78, 5) is 0. The SMILES string of the molecule is CC(OP1(=S)N(C)[C@H](c2ccccc2)[C@@H](c2ccccc2)N1C)c1ccccc1. The van der Waals surface area contributed by atoms with Crippen LogP contribution < -0.4 is 0 Å². The van der Waals surface area contributed by atoms with E-state index >= 15 is 0 Å². The molecule has 0 spiro atoms. The van der Waals surface area contributed by atoms with Gasteiger partial charge in [-0.3, -0.25) is 0 Å². The van der Waals surface area contributed by atoms with Gasteiger partial charge in [0.1, 0.15) is 0 Å². The topological polar surface area (TPSA) is 15.7 Å². The molecule has 1 unspecified atom stereocenters. The smallest absolute Gasteiger partial charge is 0.204 e. The lowest BCUT2D eigenvalue weighted by Gasteiger charge is -2.33. The van der Waals surface area contributed by atoms with E-state index in [1.807, 2.05) is 18.2 Å². The predicted octanol–water partition coefficient (Wildman–Crippen LogP) is 6.35. The van der Waals surface area contributed by atoms with Crippen molar-refractivity contribution in [3.63, 3.8) is 0 Å². The lowest BCUT2D eigenvalue weighted by Crippen LogP contribution is -2.20. The first-order chi connectivity index (χ1) is 14.0. The average Bonchev–Trinajstić information content (AvgIpc) is 2.96. The molecule has 0 aromatic heterocycles. The van der Waals surface area contributed by atoms with Gasteiger partial charge in [0.15, 0.2) is 0 Å². The van der Waals surface area contributed by atoms with Gasteiger partial charge in [0.05, 0.1) is 18.2 Å². The highest BCUT2D eigenvalue weighted by atomic mass is 32.5. The fourth-order valence-corrected chi connectivity index (χ4v) is 7.60. The molecule has 3 atom stereocenters. The Hall–Kier alpha value is -1.81. The van der Waals surface area contributed by atoms with Crippen molar-refractivity contribution in [3.05, 3.63) is 108 Å². The van der Waals surface area contributed by atoms with Gasteiger partial charge in [-0.25, -0.2) is 9.34 Å². The van der Waals surface area contributed by atoms with Crippen LogP contribution in [0.25, 0.3) is 0 Å². The second-order valence-corrected chi connectivity index (χ2v) is 11.4. The molecule has 1 saturated heterocycles. The maximum atomic E-state index is 6.69. The first-order valence-electron chi connectivity index (χ1n) is 9.92. The molecule has 29 heavy (non-hydrogen) atoms. The summed E-state index contributed by atoms with van der Waals surface area (Å²) in [6, 6.07) is 31.9. The molecule has 5 heteroatoms. The van der Waals surface area contributed by atoms with Crippen LogP contribution >= 0.6 is 6.57 Å². The van der Waals surface area contributed by atoms with Gasteiger partial charge >= 0.3 is 0 Å². The van der Waals surface area contributed by atoms with Crippen molar-refractivity contribution < 1.29 is 4.52 Å². The number of benzene rings is 3. The molecule has 1 heterocycles. The van der Waals surface area contributed by atoms with Gasteiger partial charge in [0, 0.05) is 0 Å². The molecule has 1 aliphatic rings. The van der Waals surface area contributed by atoms with Crippen molar-refractivity contribution in [2.45, 2.75) is 25.1 Å². The summed E-state index contributed by atoms with van der Waals surface area (Å²) in [7, 11) is 4.24. The third kappa shape index (κ3) is 3.84. The van der Waals surface area contributed by atoms with Gasteiger partial charge in [0.25, 0.3) is 0 Å². The molecule has 1 aliphatic heterocycles. The summed E-state index contributed by atoms with van der Waals surface area (Å²) in [6.45, 7) is -0.321. The second kappa shape index (κ2) is 8.51. The Morgan fingerprint density at radius 3 is 1.52 bits per heavy atom. The van der Waals surface area contributed by atoms with Crippen molar-refractivity contribution in [2.75, 3.05) is 14.1 Å². The lowest BCUT2D eigenvalue weighted by molar-refractivity contribution is 0.221. The number of hydrogen-bond donors (Lipinski definition) is 0. The number of hydrogen-bond acceptors (Lipinski definition) is 2. The first-order valence-corrected chi connectivity index (χ1v) is 12.5. The van der Waals surface area contributed by atoms with Crippen LogP contribution in [0.5, 0.6) is 0 Å². The number of nitrogens with zero attached hydrogens (tertiary/aromatic N) is 2. The van der Waals surface area contributed by atoms with Crippen LogP contribution in [-0.4, -0.2) is 23.4 Å². The monoisotopic (exact) mass is 422 g/mol. The normalized spacial score (nSPS) is 23.1. The summed E-state index contributed by atoms with van der Waals surface area (Å²) < 4.78 is 11.3. The minimum Gasteiger partial charge on any atom is -0.319 e. The highest BCUT2D eigenvalue weighted by molar-refractivity contribution is 8.10. The molecule has 0 saturated carbocycles. The van der Waals surface area contributed by atoms with E-state index in [0.29, 0.717) is 0 Å². The zero-order valence-electron chi connectivity index (χ0n) is 17.1. The molecule has 0 N–H and O–H groups in total. The molecule has 3 aromatic rings. The Balaban J connectivity index is 1.75. The molecule has 150 valence electrons. The van der Waals surface area contributed by atoms with E-state index in [0.717, 1.165) is 5.56 Å². The van der Waals surface area contributed by atoms with Crippen LogP contribution in [0.2, 0.25) is 0 Å². The van der Waals surface area contributed by atoms with E-state index in [1.165, 1.54) is 11.1 Å². The largest absolute Gasteiger partial charge is 0.319 e. The highest BCUT2D eigenvalue weighted by Gasteiger charge is 2.50. The number of rotatable bonds is 5. The van der Waals surface area contributed by atoms with E-state index in [2.05, 4.69) is 103 Å². The maximum absolute atomic E-state index is 6.69. The number of likely N-dealkylation sites (N-methyl/N-ethyl adjacent to an activating group) is 2. The molecule has 0 aliphatic carbocycles. The molecule has 0 amide bonds. The second-order valence-electron chi connectivity index (χ2n) is 7.51. The van der Waals surface area contributed by atoms with Crippen LogP contribution in [0.1, 0.15) is 41.8 Å². The Labute approximate surface area is 179 Å². The van der Waals surface area contributed by atoms with Crippen LogP contribution in [0.3, 0.4) is 0 Å². The van der Waals surface area contributed by atoms with Crippen molar-refractivity contribution in [1.29, 1.82) is 0 Å². The lowest BCUT2D eigenvalue weighted by atomic mass is 9.93. The maximum Gasteiger partial charge on any atom is 0.204 e. The van der Waals surface area contributed by atoms with E-state index in [1.54, 1.807) is 0 Å². The summed E-state index contributed by atoms with van der Waals surface area (Å²) in [6.07, 6.45) is -0.0714. The minimum absolute atomic E-state index is 0.0714. The quantitative estimate of drug-likeness (QED) is 0.445. The van der Waals surface area contributed by atoms with Crippen LogP contribution in [-0.2, 0) is 16.3 Å². The van der Waals surface area contributed by atoms with Crippen molar-refractivity contribution in [1.82, 2.24) is 9.34 Å². The zero-order valence-corrected chi connectivity index (χ0v) is 18.8. The predicted molar refractivity (Wildman–Crippen MR) is 124 cm³/mol. The Bertz CT molecular complexity index is 928. The average molecular weight is 423 g/mol. The van der Waals surface area contributed by atoms with Gasteiger partial charge in [0.2, 0.25) is 6.57 Å². The summed E-state index contributed by atoms with van der Waals surface area (Å²) in [5.41, 5.74) is 3.68. The molecule has 3 nitrogen and oxygen atoms in total. The van der Waals surface area contributed by atoms with Crippen molar-refractivity contribution >= 4 is 18.4 Å². The molecule has 4 rings (SSSR count). The summed E-state index contributed by atoms with van der Waals surface area (Å²) in [5, 5.41) is 0. The van der Waals surface area contributed by atoms with Gasteiger partial charge in [-0.05, 0) is 49.5 Å². The fraction of sp³-hybridized carbons (Fsp3) is 0.250. The van der Waals surface area contributed by atoms with Crippen LogP contribution in [0.4, 0.5) is 0 Å². The van der Waals surface area contributed by atoms with Gasteiger partial charge in [-0.1, -0.05) is 91.0 Å². The molecular weight excluding hydrogens is 395 g/mol. The molecular formula is C24H27N2OPS. The van der Waals surface area contributed by atoms with Crippen LogP contribution in [0, 0.1) is 0 Å². The minimum atomic E-state index is -2.42. The summed E-state index contributed by atoms with van der Waals surface area (Å²) >= 11 is 6.28. The highest BCUT2D eigenvalue weighted by Crippen LogP contribution is 2.70. The van der Waals surface area contributed by atoms with Crippen LogP contribution in [0.15, 0.2) is 91.0 Å². The molecule has 3 aromatic carbocycles. The molecule has 1 fully saturated rings. The zero-order chi connectivity index (χ0) is 20.4. The molecule has 0 radical (unpaired) electrons. The summed E-state index contributed by atoms with van der Waals surface area (Å²) in [5.74, 6) is 0. The first kappa shape index (κ1) is 20.5. The van der Waals surface area contributed by atoms with Crippen molar-refractivity contribution in [3.8, 4) is 0 Å². The third-order valence-electron chi connectivity index (χ3n) is 5.75. The van der Waals surface area contributed by atoms with E-state index < -0.39 is 6.57 Å². The Morgan fingerprint density at radius 2 is 1.10 bits per heavy atom. The van der Waals surface area contributed by atoms with Gasteiger partial charge in [-0.2, -0.15) is 0 Å². The Kier molecular flexibility index (Phi) is 6.00. The Morgan fingerprint density at radius 1 is 0.724 bits per heavy atom. The standard InChI is InChI=1S/C24H27N2OPS/c1-19(20-13-7-4-8-14-20)27-28(29)25(2)23(21-15-9-5-10-16-21)24(26(28)3)22-17-11-6-12-18-22/h4-19,23-24H,1-3H3/t19?,23-,24-/m1/s1. The van der Waals surface area contributed by atoms with Gasteiger partial charge in [-0.15, -0.1) is 0 Å². The van der Waals surface area contributed by atoms with E-state index in [9.17, 15) is 0 Å². The van der Waals surface area contributed by atoms with E-state index in [4.69, 9.17) is 16.3 Å². The molecule has 0 bridgehead atoms. The van der Waals surface area contributed by atoms with E-state index in [-0.39, 0.29) is 18.2 Å². The third-order valence-corrected chi connectivity index (χ3v) is 10.2. The van der Waals surface area contributed by atoms with Gasteiger partial charge < -0.3 is 4.52 Å². The van der Waals surface area contributed by atoms with Crippen molar-refractivity contribution in [2.24, 2.45) is 0 Å². The fourth-order valence-electron chi connectivity index (χ4n) is 4.18.